The molecule has 0 unspecified atom stereocenters. The Balaban J connectivity index is 1.46. The Morgan fingerprint density at radius 1 is 1.14 bits per heavy atom. The number of likely N-dealkylation sites (N-methyl/N-ethyl adjacent to an activating group) is 1. The van der Waals surface area contributed by atoms with Gasteiger partial charge in [0.25, 0.3) is 0 Å². The number of carbonyl (C=O) groups excluding carboxylic acids is 2. The van der Waals surface area contributed by atoms with Gasteiger partial charge in [-0.05, 0) is 37.7 Å². The van der Waals surface area contributed by atoms with Crippen LogP contribution in [-0.2, 0) is 20.9 Å². The number of hydrogen-bond acceptors (Lipinski definition) is 6. The Bertz CT molecular complexity index is 1010. The number of carbonyl (C=O) groups is 2. The molecule has 2 saturated heterocycles. The summed E-state index contributed by atoms with van der Waals surface area (Å²) in [6, 6.07) is 5.47. The molecule has 2 fully saturated rings. The average Bonchev–Trinajstić information content (AvgIpc) is 3.38. The second-order valence-electron chi connectivity index (χ2n) is 9.46. The fourth-order valence-corrected chi connectivity index (χ4v) is 4.59. The van der Waals surface area contributed by atoms with Crippen LogP contribution >= 0.6 is 11.6 Å². The molecule has 0 N–H and O–H groups in total. The molecular formula is C25H34ClN5O4. The second-order valence-corrected chi connectivity index (χ2v) is 9.86. The summed E-state index contributed by atoms with van der Waals surface area (Å²) < 4.78 is 14.2. The Kier molecular flexibility index (Phi) is 8.30. The predicted molar refractivity (Wildman–Crippen MR) is 132 cm³/mol. The number of halogens is 1. The lowest BCUT2D eigenvalue weighted by Crippen LogP contribution is -2.59. The third-order valence-electron chi connectivity index (χ3n) is 6.70. The lowest BCUT2D eigenvalue weighted by atomic mass is 9.96. The number of ether oxygens (including phenoxy) is 2. The van der Waals surface area contributed by atoms with Gasteiger partial charge in [0.15, 0.2) is 0 Å². The van der Waals surface area contributed by atoms with Crippen LogP contribution in [0.4, 0.5) is 0 Å². The lowest BCUT2D eigenvalue weighted by molar-refractivity contribution is -0.166. The highest BCUT2D eigenvalue weighted by Crippen LogP contribution is 2.28. The monoisotopic (exact) mass is 503 g/mol. The first kappa shape index (κ1) is 25.5. The molecule has 2 aromatic rings. The number of aryl methyl sites for hydroxylation is 2. The van der Waals surface area contributed by atoms with Gasteiger partial charge < -0.3 is 28.7 Å². The molecule has 4 rings (SSSR count). The summed E-state index contributed by atoms with van der Waals surface area (Å²) >= 11 is 6.16. The highest BCUT2D eigenvalue weighted by molar-refractivity contribution is 6.31. The molecule has 0 bridgehead atoms. The normalized spacial score (nSPS) is 21.2. The molecule has 2 aliphatic rings. The molecule has 190 valence electrons. The maximum atomic E-state index is 13.3. The molecule has 10 heteroatoms. The van der Waals surface area contributed by atoms with E-state index in [0.29, 0.717) is 56.5 Å². The average molecular weight is 504 g/mol. The van der Waals surface area contributed by atoms with Crippen LogP contribution in [0.2, 0.25) is 5.02 Å². The van der Waals surface area contributed by atoms with Crippen LogP contribution in [0.25, 0.3) is 0 Å². The van der Waals surface area contributed by atoms with Crippen molar-refractivity contribution < 1.29 is 19.1 Å². The van der Waals surface area contributed by atoms with Gasteiger partial charge >= 0.3 is 0 Å². The Labute approximate surface area is 211 Å². The summed E-state index contributed by atoms with van der Waals surface area (Å²) in [6.07, 6.45) is 5.76. The van der Waals surface area contributed by atoms with Gasteiger partial charge in [0.05, 0.1) is 25.9 Å². The smallest absolute Gasteiger partial charge is 0.225 e. The molecule has 0 radical (unpaired) electrons. The first-order chi connectivity index (χ1) is 16.8. The summed E-state index contributed by atoms with van der Waals surface area (Å²) in [4.78, 5) is 36.3. The number of nitrogens with zero attached hydrogens (tertiary/aromatic N) is 5. The van der Waals surface area contributed by atoms with Crippen LogP contribution in [0, 0.1) is 6.92 Å². The Hall–Kier alpha value is -2.62. The molecule has 0 saturated carbocycles. The first-order valence-electron chi connectivity index (χ1n) is 12.1. The molecule has 0 spiro atoms. The minimum atomic E-state index is -0.920. The van der Waals surface area contributed by atoms with E-state index in [1.165, 1.54) is 0 Å². The van der Waals surface area contributed by atoms with Crippen LogP contribution in [0.3, 0.4) is 0 Å². The van der Waals surface area contributed by atoms with Gasteiger partial charge in [-0.3, -0.25) is 9.59 Å². The van der Waals surface area contributed by atoms with Crippen LogP contribution in [-0.4, -0.2) is 101 Å². The number of amides is 2. The van der Waals surface area contributed by atoms with E-state index in [1.807, 2.05) is 34.7 Å². The van der Waals surface area contributed by atoms with Crippen LogP contribution < -0.4 is 4.74 Å². The maximum absolute atomic E-state index is 13.3. The van der Waals surface area contributed by atoms with Gasteiger partial charge in [0, 0.05) is 63.1 Å². The number of piperazine rings is 1. The van der Waals surface area contributed by atoms with Gasteiger partial charge in [-0.15, -0.1) is 0 Å². The van der Waals surface area contributed by atoms with E-state index in [0.717, 1.165) is 18.7 Å². The van der Waals surface area contributed by atoms with Crippen molar-refractivity contribution in [3.05, 3.63) is 47.5 Å². The Morgan fingerprint density at radius 3 is 2.66 bits per heavy atom. The van der Waals surface area contributed by atoms with E-state index >= 15 is 0 Å². The predicted octanol–water partition coefficient (Wildman–Crippen LogP) is 2.08. The summed E-state index contributed by atoms with van der Waals surface area (Å²) in [5.41, 5.74) is -0.00994. The Morgan fingerprint density at radius 2 is 1.94 bits per heavy atom. The van der Waals surface area contributed by atoms with Gasteiger partial charge in [-0.25, -0.2) is 4.98 Å². The third-order valence-corrected chi connectivity index (χ3v) is 7.13. The zero-order chi connectivity index (χ0) is 24.8. The van der Waals surface area contributed by atoms with Crippen LogP contribution in [0.1, 0.15) is 18.4 Å². The van der Waals surface area contributed by atoms with E-state index in [2.05, 4.69) is 16.9 Å². The molecule has 0 aliphatic carbocycles. The van der Waals surface area contributed by atoms with E-state index in [9.17, 15) is 9.59 Å². The third kappa shape index (κ3) is 6.74. The van der Waals surface area contributed by atoms with Crippen molar-refractivity contribution in [1.29, 1.82) is 0 Å². The number of imidazole rings is 1. The van der Waals surface area contributed by atoms with E-state index in [4.69, 9.17) is 21.1 Å². The van der Waals surface area contributed by atoms with Gasteiger partial charge in [-0.1, -0.05) is 11.6 Å². The van der Waals surface area contributed by atoms with Crippen molar-refractivity contribution in [3.8, 4) is 5.75 Å². The minimum absolute atomic E-state index is 0.0285. The number of benzene rings is 1. The molecule has 1 atom stereocenters. The zero-order valence-corrected chi connectivity index (χ0v) is 21.2. The summed E-state index contributed by atoms with van der Waals surface area (Å²) in [7, 11) is 2.06. The second kappa shape index (κ2) is 11.4. The molecule has 1 aromatic carbocycles. The fourth-order valence-electron chi connectivity index (χ4n) is 4.47. The minimum Gasteiger partial charge on any atom is -0.490 e. The van der Waals surface area contributed by atoms with E-state index in [1.54, 1.807) is 23.5 Å². The van der Waals surface area contributed by atoms with Crippen molar-refractivity contribution >= 4 is 23.4 Å². The molecule has 1 aromatic heterocycles. The number of morpholine rings is 1. The summed E-state index contributed by atoms with van der Waals surface area (Å²) in [5, 5.41) is 0.667. The fraction of sp³-hybridized carbons (Fsp3) is 0.560. The van der Waals surface area contributed by atoms with Gasteiger partial charge in [0.2, 0.25) is 11.8 Å². The van der Waals surface area contributed by atoms with Crippen molar-refractivity contribution in [2.75, 3.05) is 59.5 Å². The summed E-state index contributed by atoms with van der Waals surface area (Å²) in [6.45, 7) is 6.87. The topological polar surface area (TPSA) is 80.1 Å². The van der Waals surface area contributed by atoms with Gasteiger partial charge in [-0.2, -0.15) is 0 Å². The maximum Gasteiger partial charge on any atom is 0.225 e. The molecule has 3 heterocycles. The lowest BCUT2D eigenvalue weighted by Gasteiger charge is -2.43. The molecule has 2 aliphatic heterocycles. The standard InChI is InChI=1S/C25H34ClN5O4/c1-20-15-21(3-4-22(20)26)34-18-25(16-24(33)30-11-9-28(2)10-12-30)17-31(13-14-35-25)23(32)5-7-29-8-6-27-19-29/h3-4,6,8,15,19H,5,7,9-14,16-18H2,1-2H3/t25-/m0/s1. The highest BCUT2D eigenvalue weighted by Gasteiger charge is 2.42. The number of hydrogen-bond donors (Lipinski definition) is 0. The number of aromatic nitrogens is 2. The van der Waals surface area contributed by atoms with Gasteiger partial charge in [0.1, 0.15) is 18.0 Å². The van der Waals surface area contributed by atoms with Crippen LogP contribution in [0.5, 0.6) is 5.75 Å². The molecule has 2 amide bonds. The molecule has 9 nitrogen and oxygen atoms in total. The van der Waals surface area contributed by atoms with E-state index in [-0.39, 0.29) is 24.8 Å². The van der Waals surface area contributed by atoms with E-state index < -0.39 is 5.60 Å². The van der Waals surface area contributed by atoms with Crippen molar-refractivity contribution in [1.82, 2.24) is 24.3 Å². The highest BCUT2D eigenvalue weighted by atomic mass is 35.5. The van der Waals surface area contributed by atoms with Crippen molar-refractivity contribution in [2.45, 2.75) is 31.9 Å². The largest absolute Gasteiger partial charge is 0.490 e. The SMILES string of the molecule is Cc1cc(OC[C@]2(CC(=O)N3CCN(C)CC3)CN(C(=O)CCn3ccnc3)CCO2)ccc1Cl. The zero-order valence-electron chi connectivity index (χ0n) is 20.5. The quantitative estimate of drug-likeness (QED) is 0.548. The van der Waals surface area contributed by atoms with Crippen molar-refractivity contribution in [2.24, 2.45) is 0 Å². The molecule has 35 heavy (non-hydrogen) atoms. The number of rotatable bonds is 8. The molecular weight excluding hydrogens is 470 g/mol. The van der Waals surface area contributed by atoms with Crippen LogP contribution in [0.15, 0.2) is 36.9 Å². The van der Waals surface area contributed by atoms with Crippen molar-refractivity contribution in [3.63, 3.8) is 0 Å². The first-order valence-corrected chi connectivity index (χ1v) is 12.4. The summed E-state index contributed by atoms with van der Waals surface area (Å²) in [5.74, 6) is 0.716.